The quantitative estimate of drug-likeness (QED) is 0.0175. The summed E-state index contributed by atoms with van der Waals surface area (Å²) in [5.41, 5.74) is 0. The summed E-state index contributed by atoms with van der Waals surface area (Å²) in [6.45, 7) is 3.76. The molecule has 1 aliphatic rings. The number of amides is 1. The molecule has 57 heavy (non-hydrogen) atoms. The van der Waals surface area contributed by atoms with E-state index < -0.39 is 75.2 Å². The van der Waals surface area contributed by atoms with Crippen LogP contribution in [0.15, 0.2) is 12.2 Å². The van der Waals surface area contributed by atoms with Crippen molar-refractivity contribution in [2.75, 3.05) is 6.61 Å². The SMILES string of the molecule is CCCCCCCC/C=C\CCCC(O)CC(=O)NC(COP(=O)(O)OC1C(O)C(O)C(O)C(O)C1O)C(O)CCCCCCCCCCCCCCCCCC. The van der Waals surface area contributed by atoms with Gasteiger partial charge in [0.05, 0.1) is 31.3 Å². The highest BCUT2D eigenvalue weighted by Crippen LogP contribution is 2.47. The number of unbranched alkanes of at least 4 members (excludes halogenated alkanes) is 22. The molecule has 0 aromatic rings. The topological polar surface area (TPSA) is 226 Å². The van der Waals surface area contributed by atoms with Gasteiger partial charge in [-0.15, -0.1) is 0 Å². The Morgan fingerprint density at radius 3 is 1.47 bits per heavy atom. The fourth-order valence-corrected chi connectivity index (χ4v) is 8.33. The highest BCUT2D eigenvalue weighted by molar-refractivity contribution is 7.47. The molecule has 8 atom stereocenters. The molecule has 0 saturated heterocycles. The molecule has 9 N–H and O–H groups in total. The number of nitrogens with one attached hydrogen (secondary N) is 1. The van der Waals surface area contributed by atoms with Crippen molar-refractivity contribution in [1.29, 1.82) is 0 Å². The number of rotatable bonds is 37. The van der Waals surface area contributed by atoms with Crippen LogP contribution in [0.5, 0.6) is 0 Å². The van der Waals surface area contributed by atoms with Crippen molar-refractivity contribution in [3.63, 3.8) is 0 Å². The van der Waals surface area contributed by atoms with Gasteiger partial charge in [0.1, 0.15) is 36.6 Å². The van der Waals surface area contributed by atoms with Gasteiger partial charge in [-0.1, -0.05) is 161 Å². The van der Waals surface area contributed by atoms with E-state index in [1.807, 2.05) is 0 Å². The third kappa shape index (κ3) is 26.1. The molecule has 8 unspecified atom stereocenters. The lowest BCUT2D eigenvalue weighted by Gasteiger charge is -2.41. The van der Waals surface area contributed by atoms with Crippen molar-refractivity contribution in [2.24, 2.45) is 0 Å². The van der Waals surface area contributed by atoms with Gasteiger partial charge in [0.2, 0.25) is 5.91 Å². The Balaban J connectivity index is 2.55. The number of hydrogen-bond acceptors (Lipinski definition) is 11. The minimum atomic E-state index is -5.11. The van der Waals surface area contributed by atoms with Gasteiger partial charge < -0.3 is 46.0 Å². The second-order valence-electron chi connectivity index (χ2n) is 16.4. The number of phosphoric ester groups is 1. The minimum absolute atomic E-state index is 0.240. The molecule has 13 nitrogen and oxygen atoms in total. The maximum Gasteiger partial charge on any atom is 0.472 e. The van der Waals surface area contributed by atoms with Crippen molar-refractivity contribution < 1.29 is 59.0 Å². The molecule has 0 aromatic heterocycles. The van der Waals surface area contributed by atoms with E-state index in [9.17, 15) is 50.0 Å². The summed E-state index contributed by atoms with van der Waals surface area (Å²) in [6, 6.07) is -1.16. The highest BCUT2D eigenvalue weighted by Gasteiger charge is 2.51. The molecule has 1 aliphatic carbocycles. The van der Waals surface area contributed by atoms with E-state index in [2.05, 4.69) is 31.3 Å². The van der Waals surface area contributed by atoms with Crippen molar-refractivity contribution in [3.05, 3.63) is 12.2 Å². The number of allylic oxidation sites excluding steroid dienone is 2. The molecule has 1 amide bonds. The first-order valence-corrected chi connectivity index (χ1v) is 24.2. The van der Waals surface area contributed by atoms with Gasteiger partial charge >= 0.3 is 7.82 Å². The molecule has 14 heteroatoms. The van der Waals surface area contributed by atoms with Gasteiger partial charge in [-0.05, 0) is 38.5 Å². The number of carbonyl (C=O) groups is 1. The molecule has 0 aliphatic heterocycles. The monoisotopic (exact) mass is 838 g/mol. The van der Waals surface area contributed by atoms with Crippen LogP contribution in [0.4, 0.5) is 0 Å². The largest absolute Gasteiger partial charge is 0.472 e. The van der Waals surface area contributed by atoms with Crippen LogP contribution < -0.4 is 5.32 Å². The van der Waals surface area contributed by atoms with Gasteiger partial charge in [0.25, 0.3) is 0 Å². The van der Waals surface area contributed by atoms with Crippen LogP contribution in [0.3, 0.4) is 0 Å². The number of phosphoric acid groups is 1. The average Bonchev–Trinajstić information content (AvgIpc) is 3.18. The molecule has 0 bridgehead atoms. The summed E-state index contributed by atoms with van der Waals surface area (Å²) >= 11 is 0. The molecule has 1 saturated carbocycles. The fraction of sp³-hybridized carbons (Fsp3) is 0.930. The van der Waals surface area contributed by atoms with Crippen LogP contribution in [0.25, 0.3) is 0 Å². The Bertz CT molecular complexity index is 1040. The van der Waals surface area contributed by atoms with Crippen LogP contribution in [-0.2, 0) is 18.4 Å². The molecular weight excluding hydrogens is 753 g/mol. The van der Waals surface area contributed by atoms with E-state index in [4.69, 9.17) is 9.05 Å². The fourth-order valence-electron chi connectivity index (χ4n) is 7.36. The molecule has 1 fully saturated rings. The zero-order chi connectivity index (χ0) is 42.3. The second-order valence-corrected chi connectivity index (χ2v) is 17.8. The zero-order valence-electron chi connectivity index (χ0n) is 35.5. The van der Waals surface area contributed by atoms with E-state index in [-0.39, 0.29) is 12.8 Å². The summed E-state index contributed by atoms with van der Waals surface area (Å²) in [5, 5.41) is 74.5. The first-order valence-electron chi connectivity index (χ1n) is 22.7. The number of aliphatic hydroxyl groups excluding tert-OH is 7. The molecular formula is C43H84NO12P. The third-order valence-corrected chi connectivity index (χ3v) is 12.1. The molecule has 338 valence electrons. The van der Waals surface area contributed by atoms with Gasteiger partial charge in [0.15, 0.2) is 0 Å². The standard InChI is InChI=1S/C43H84NO12P/c1-3-5-7-9-11-13-15-16-17-18-19-21-23-25-27-29-31-36(46)35(33-55-57(53,54)56-43-41(51)39(49)38(48)40(50)42(43)52)44-37(47)32-34(45)30-28-26-24-22-20-14-12-10-8-6-4-2/h22,24,34-36,38-43,45-46,48-52H,3-21,23,25-33H2,1-2H3,(H,44,47)(H,53,54)/b24-22-. The summed E-state index contributed by atoms with van der Waals surface area (Å²) in [7, 11) is -5.11. The van der Waals surface area contributed by atoms with Crippen LogP contribution in [0.2, 0.25) is 0 Å². The van der Waals surface area contributed by atoms with E-state index >= 15 is 0 Å². The minimum Gasteiger partial charge on any atom is -0.393 e. The van der Waals surface area contributed by atoms with Crippen LogP contribution in [0, 0.1) is 0 Å². The Labute approximate surface area is 344 Å². The van der Waals surface area contributed by atoms with E-state index in [1.165, 1.54) is 103 Å². The molecule has 0 radical (unpaired) electrons. The predicted octanol–water partition coefficient (Wildman–Crippen LogP) is 7.03. The first kappa shape index (κ1) is 54.1. The molecule has 0 heterocycles. The zero-order valence-corrected chi connectivity index (χ0v) is 36.4. The van der Waals surface area contributed by atoms with Gasteiger partial charge in [-0.25, -0.2) is 4.57 Å². The Morgan fingerprint density at radius 1 is 0.596 bits per heavy atom. The molecule has 1 rings (SSSR count). The summed E-state index contributed by atoms with van der Waals surface area (Å²) in [5.74, 6) is -0.576. The summed E-state index contributed by atoms with van der Waals surface area (Å²) in [6.07, 6.45) is 19.8. The van der Waals surface area contributed by atoms with E-state index in [0.717, 1.165) is 44.9 Å². The lowest BCUT2D eigenvalue weighted by atomic mass is 9.85. The lowest BCUT2D eigenvalue weighted by molar-refractivity contribution is -0.220. The Kier molecular flexibility index (Phi) is 32.0. The number of hydrogen-bond donors (Lipinski definition) is 9. The van der Waals surface area contributed by atoms with Crippen molar-refractivity contribution in [2.45, 2.75) is 249 Å². The average molecular weight is 838 g/mol. The molecule has 0 spiro atoms. The van der Waals surface area contributed by atoms with Crippen LogP contribution in [-0.4, -0.2) is 108 Å². The second kappa shape index (κ2) is 33.7. The van der Waals surface area contributed by atoms with E-state index in [0.29, 0.717) is 19.3 Å². The summed E-state index contributed by atoms with van der Waals surface area (Å²) in [4.78, 5) is 23.4. The first-order chi connectivity index (χ1) is 27.3. The van der Waals surface area contributed by atoms with Gasteiger partial charge in [0, 0.05) is 0 Å². The maximum absolute atomic E-state index is 13.0. The van der Waals surface area contributed by atoms with Crippen LogP contribution >= 0.6 is 7.82 Å². The van der Waals surface area contributed by atoms with Crippen molar-refractivity contribution >= 4 is 13.7 Å². The van der Waals surface area contributed by atoms with Crippen molar-refractivity contribution in [1.82, 2.24) is 5.32 Å². The Morgan fingerprint density at radius 2 is 1.00 bits per heavy atom. The third-order valence-electron chi connectivity index (χ3n) is 11.1. The number of aliphatic hydroxyl groups is 7. The maximum atomic E-state index is 13.0. The van der Waals surface area contributed by atoms with Crippen molar-refractivity contribution in [3.8, 4) is 0 Å². The smallest absolute Gasteiger partial charge is 0.393 e. The summed E-state index contributed by atoms with van der Waals surface area (Å²) < 4.78 is 22.9. The normalized spacial score (nSPS) is 24.0. The van der Waals surface area contributed by atoms with Gasteiger partial charge in [-0.2, -0.15) is 0 Å². The highest BCUT2D eigenvalue weighted by atomic mass is 31.2. The van der Waals surface area contributed by atoms with Crippen LogP contribution in [0.1, 0.15) is 194 Å². The number of carbonyl (C=O) groups excluding carboxylic acids is 1. The predicted molar refractivity (Wildman–Crippen MR) is 224 cm³/mol. The van der Waals surface area contributed by atoms with E-state index in [1.54, 1.807) is 0 Å². The molecule has 0 aromatic carbocycles. The lowest BCUT2D eigenvalue weighted by Crippen LogP contribution is -2.64. The van der Waals surface area contributed by atoms with Gasteiger partial charge in [-0.3, -0.25) is 13.8 Å². The Hall–Kier alpha value is -0.960.